The number of esters is 1. The Kier molecular flexibility index (Phi) is 6.16. The molecule has 0 heterocycles. The van der Waals surface area contributed by atoms with Gasteiger partial charge in [0.25, 0.3) is 0 Å². The summed E-state index contributed by atoms with van der Waals surface area (Å²) in [5.74, 6) is -0.481. The minimum absolute atomic E-state index is 0.0296. The molecule has 0 unspecified atom stereocenters. The number of nitrogens with one attached hydrogen (secondary N) is 2. The predicted molar refractivity (Wildman–Crippen MR) is 66.0 cm³/mol. The van der Waals surface area contributed by atoms with Crippen LogP contribution in [0.4, 0.5) is 0 Å². The maximum Gasteiger partial charge on any atom is 0.325 e. The highest BCUT2D eigenvalue weighted by Crippen LogP contribution is 2.11. The second-order valence-electron chi connectivity index (χ2n) is 5.30. The number of rotatable bonds is 5. The summed E-state index contributed by atoms with van der Waals surface area (Å²) >= 11 is 0. The third-order valence-electron chi connectivity index (χ3n) is 2.02. The standard InChI is InChI=1S/C12H24N2O3/c1-7-9(15)13-14-10(8(2)3)11(16)17-12(4,5)6/h8,10,14H,7H2,1-6H3,(H,13,15)/t10-/m0/s1. The number of carbonyl (C=O) groups excluding carboxylic acids is 2. The lowest BCUT2D eigenvalue weighted by atomic mass is 10.1. The Labute approximate surface area is 103 Å². The molecule has 0 saturated heterocycles. The number of hydrogen-bond acceptors (Lipinski definition) is 4. The van der Waals surface area contributed by atoms with Gasteiger partial charge in [0.2, 0.25) is 5.91 Å². The normalized spacial score (nSPS) is 13.4. The molecular weight excluding hydrogens is 220 g/mol. The third kappa shape index (κ3) is 6.94. The smallest absolute Gasteiger partial charge is 0.325 e. The Morgan fingerprint density at radius 2 is 1.76 bits per heavy atom. The molecule has 0 aliphatic heterocycles. The highest BCUT2D eigenvalue weighted by atomic mass is 16.6. The first kappa shape index (κ1) is 15.9. The number of amides is 1. The molecule has 0 radical (unpaired) electrons. The van der Waals surface area contributed by atoms with Crippen LogP contribution in [0.1, 0.15) is 48.0 Å². The monoisotopic (exact) mass is 244 g/mol. The zero-order chi connectivity index (χ0) is 13.6. The third-order valence-corrected chi connectivity index (χ3v) is 2.02. The molecule has 17 heavy (non-hydrogen) atoms. The summed E-state index contributed by atoms with van der Waals surface area (Å²) in [6.45, 7) is 11.0. The molecule has 0 aromatic carbocycles. The molecule has 0 saturated carbocycles. The summed E-state index contributed by atoms with van der Waals surface area (Å²) in [7, 11) is 0. The van der Waals surface area contributed by atoms with Crippen molar-refractivity contribution in [3.05, 3.63) is 0 Å². The van der Waals surface area contributed by atoms with Gasteiger partial charge in [-0.05, 0) is 26.7 Å². The van der Waals surface area contributed by atoms with E-state index in [1.54, 1.807) is 6.92 Å². The molecule has 100 valence electrons. The Hall–Kier alpha value is -1.10. The van der Waals surface area contributed by atoms with Crippen molar-refractivity contribution in [2.75, 3.05) is 0 Å². The van der Waals surface area contributed by atoms with E-state index in [1.165, 1.54) is 0 Å². The van der Waals surface area contributed by atoms with E-state index in [-0.39, 0.29) is 17.8 Å². The molecule has 0 fully saturated rings. The van der Waals surface area contributed by atoms with E-state index in [1.807, 2.05) is 34.6 Å². The minimum Gasteiger partial charge on any atom is -0.459 e. The molecule has 0 bridgehead atoms. The maximum atomic E-state index is 11.9. The molecule has 0 rings (SSSR count). The van der Waals surface area contributed by atoms with Crippen LogP contribution in [-0.4, -0.2) is 23.5 Å². The molecule has 0 aliphatic carbocycles. The Morgan fingerprint density at radius 1 is 1.24 bits per heavy atom. The van der Waals surface area contributed by atoms with Crippen LogP contribution in [-0.2, 0) is 14.3 Å². The second kappa shape index (κ2) is 6.59. The van der Waals surface area contributed by atoms with Gasteiger partial charge in [0.1, 0.15) is 11.6 Å². The van der Waals surface area contributed by atoms with Crippen molar-refractivity contribution in [1.82, 2.24) is 10.9 Å². The highest BCUT2D eigenvalue weighted by molar-refractivity contribution is 5.78. The van der Waals surface area contributed by atoms with E-state index >= 15 is 0 Å². The van der Waals surface area contributed by atoms with Gasteiger partial charge in [-0.15, -0.1) is 0 Å². The molecular formula is C12H24N2O3. The Morgan fingerprint density at radius 3 is 2.12 bits per heavy atom. The van der Waals surface area contributed by atoms with Crippen LogP contribution in [0.25, 0.3) is 0 Å². The first-order valence-electron chi connectivity index (χ1n) is 5.94. The summed E-state index contributed by atoms with van der Waals surface area (Å²) in [4.78, 5) is 23.0. The van der Waals surface area contributed by atoms with Crippen molar-refractivity contribution in [2.24, 2.45) is 5.92 Å². The summed E-state index contributed by atoms with van der Waals surface area (Å²) < 4.78 is 5.27. The van der Waals surface area contributed by atoms with Crippen LogP contribution in [0.5, 0.6) is 0 Å². The first-order valence-corrected chi connectivity index (χ1v) is 5.94. The predicted octanol–water partition coefficient (Wildman–Crippen LogP) is 1.38. The molecule has 0 aliphatic rings. The van der Waals surface area contributed by atoms with Gasteiger partial charge >= 0.3 is 5.97 Å². The fourth-order valence-electron chi connectivity index (χ4n) is 1.11. The first-order chi connectivity index (χ1) is 7.67. The fraction of sp³-hybridized carbons (Fsp3) is 0.833. The lowest BCUT2D eigenvalue weighted by molar-refractivity contribution is -0.159. The minimum atomic E-state index is -0.537. The highest BCUT2D eigenvalue weighted by Gasteiger charge is 2.27. The zero-order valence-corrected chi connectivity index (χ0v) is 11.6. The Bertz CT molecular complexity index is 269. The van der Waals surface area contributed by atoms with Crippen molar-refractivity contribution >= 4 is 11.9 Å². The van der Waals surface area contributed by atoms with Gasteiger partial charge in [-0.1, -0.05) is 20.8 Å². The average Bonchev–Trinajstić information content (AvgIpc) is 2.14. The number of hydrazine groups is 1. The van der Waals surface area contributed by atoms with Gasteiger partial charge in [0.05, 0.1) is 0 Å². The molecule has 0 spiro atoms. The van der Waals surface area contributed by atoms with Crippen LogP contribution in [0, 0.1) is 5.92 Å². The van der Waals surface area contributed by atoms with Crippen LogP contribution in [0.15, 0.2) is 0 Å². The molecule has 1 atom stereocenters. The maximum absolute atomic E-state index is 11.9. The molecule has 5 nitrogen and oxygen atoms in total. The quantitative estimate of drug-likeness (QED) is 0.566. The number of carbonyl (C=O) groups is 2. The summed E-state index contributed by atoms with van der Waals surface area (Å²) in [6.07, 6.45) is 0.367. The van der Waals surface area contributed by atoms with Crippen molar-refractivity contribution < 1.29 is 14.3 Å². The average molecular weight is 244 g/mol. The van der Waals surface area contributed by atoms with E-state index in [0.717, 1.165) is 0 Å². The van der Waals surface area contributed by atoms with Gasteiger partial charge in [-0.3, -0.25) is 15.0 Å². The number of ether oxygens (including phenoxy) is 1. The van der Waals surface area contributed by atoms with E-state index in [4.69, 9.17) is 4.74 Å². The van der Waals surface area contributed by atoms with Crippen LogP contribution in [0.3, 0.4) is 0 Å². The summed E-state index contributed by atoms with van der Waals surface area (Å²) in [5, 5.41) is 0. The SMILES string of the molecule is CCC(=O)NN[C@H](C(=O)OC(C)(C)C)C(C)C. The van der Waals surface area contributed by atoms with Crippen LogP contribution < -0.4 is 10.9 Å². The largest absolute Gasteiger partial charge is 0.459 e. The van der Waals surface area contributed by atoms with Crippen molar-refractivity contribution in [1.29, 1.82) is 0 Å². The van der Waals surface area contributed by atoms with E-state index < -0.39 is 11.6 Å². The van der Waals surface area contributed by atoms with Gasteiger partial charge in [-0.25, -0.2) is 5.43 Å². The lowest BCUT2D eigenvalue weighted by Gasteiger charge is -2.26. The van der Waals surface area contributed by atoms with E-state index in [0.29, 0.717) is 6.42 Å². The summed E-state index contributed by atoms with van der Waals surface area (Å²) in [6, 6.07) is -0.537. The van der Waals surface area contributed by atoms with E-state index in [9.17, 15) is 9.59 Å². The van der Waals surface area contributed by atoms with E-state index in [2.05, 4.69) is 10.9 Å². The molecule has 1 amide bonds. The van der Waals surface area contributed by atoms with Crippen LogP contribution >= 0.6 is 0 Å². The Balaban J connectivity index is 4.42. The van der Waals surface area contributed by atoms with Crippen molar-refractivity contribution in [2.45, 2.75) is 59.6 Å². The fourth-order valence-corrected chi connectivity index (χ4v) is 1.11. The van der Waals surface area contributed by atoms with Gasteiger partial charge in [-0.2, -0.15) is 0 Å². The molecule has 5 heteroatoms. The lowest BCUT2D eigenvalue weighted by Crippen LogP contribution is -2.52. The van der Waals surface area contributed by atoms with Gasteiger partial charge in [0, 0.05) is 6.42 Å². The van der Waals surface area contributed by atoms with Crippen LogP contribution in [0.2, 0.25) is 0 Å². The van der Waals surface area contributed by atoms with Gasteiger partial charge in [0.15, 0.2) is 0 Å². The van der Waals surface area contributed by atoms with Crippen molar-refractivity contribution in [3.63, 3.8) is 0 Å². The van der Waals surface area contributed by atoms with Gasteiger partial charge < -0.3 is 4.74 Å². The number of hydrogen-bond donors (Lipinski definition) is 2. The van der Waals surface area contributed by atoms with Crippen molar-refractivity contribution in [3.8, 4) is 0 Å². The topological polar surface area (TPSA) is 67.4 Å². The summed E-state index contributed by atoms with van der Waals surface area (Å²) in [5.41, 5.74) is 4.68. The zero-order valence-electron chi connectivity index (χ0n) is 11.6. The molecule has 0 aromatic heterocycles. The molecule has 0 aromatic rings. The second-order valence-corrected chi connectivity index (χ2v) is 5.30. The molecule has 2 N–H and O–H groups in total.